The molecular formula is C24H27FN6O. The molecule has 8 heteroatoms. The number of anilines is 3. The summed E-state index contributed by atoms with van der Waals surface area (Å²) in [5.74, 6) is 0.322. The number of aryl methyl sites for hydroxylation is 1. The number of fused-ring (bicyclic) bond motifs is 1. The average molecular weight is 435 g/mol. The van der Waals surface area contributed by atoms with Crippen LogP contribution in [0.25, 0.3) is 10.9 Å². The van der Waals surface area contributed by atoms with Gasteiger partial charge in [-0.3, -0.25) is 0 Å². The first-order valence-electron chi connectivity index (χ1n) is 10.8. The lowest BCUT2D eigenvalue weighted by Gasteiger charge is -2.38. The molecule has 0 amide bonds. The van der Waals surface area contributed by atoms with Crippen molar-refractivity contribution < 1.29 is 9.13 Å². The van der Waals surface area contributed by atoms with Crippen LogP contribution in [-0.2, 0) is 0 Å². The van der Waals surface area contributed by atoms with E-state index in [4.69, 9.17) is 4.74 Å². The predicted molar refractivity (Wildman–Crippen MR) is 124 cm³/mol. The van der Waals surface area contributed by atoms with Crippen LogP contribution in [0.5, 0.6) is 5.75 Å². The van der Waals surface area contributed by atoms with E-state index in [1.54, 1.807) is 6.07 Å². The number of ether oxygens (including phenoxy) is 1. The van der Waals surface area contributed by atoms with Crippen molar-refractivity contribution in [1.29, 1.82) is 5.26 Å². The van der Waals surface area contributed by atoms with Crippen molar-refractivity contribution in [2.24, 2.45) is 0 Å². The second kappa shape index (κ2) is 8.97. The fourth-order valence-electron chi connectivity index (χ4n) is 4.22. The quantitative estimate of drug-likeness (QED) is 0.620. The maximum absolute atomic E-state index is 14.6. The Balaban J connectivity index is 1.88. The highest BCUT2D eigenvalue weighted by Gasteiger charge is 2.25. The molecule has 1 saturated heterocycles. The largest absolute Gasteiger partial charge is 0.492 e. The molecule has 2 aromatic carbocycles. The highest BCUT2D eigenvalue weighted by atomic mass is 19.1. The minimum Gasteiger partial charge on any atom is -0.492 e. The standard InChI is InChI=1S/C24H27FN6O/c1-5-32-23-10-20-17(9-22(23)31-12-15(3)27-16(4)13-31)24(21(11-26)30-29-20)28-19-7-6-14(2)8-18(19)25/h6-10,15-16,27H,5,12-13H2,1-4H3,(H,28,29)/t15-,16+. The first kappa shape index (κ1) is 21.8. The van der Waals surface area contributed by atoms with Crippen LogP contribution in [0.2, 0.25) is 0 Å². The van der Waals surface area contributed by atoms with Crippen LogP contribution in [-0.4, -0.2) is 42.0 Å². The van der Waals surface area contributed by atoms with E-state index in [1.165, 1.54) is 6.07 Å². The maximum Gasteiger partial charge on any atom is 0.187 e. The van der Waals surface area contributed by atoms with Crippen molar-refractivity contribution in [2.75, 3.05) is 29.9 Å². The van der Waals surface area contributed by atoms with Gasteiger partial charge in [-0.15, -0.1) is 10.2 Å². The monoisotopic (exact) mass is 434 g/mol. The first-order valence-corrected chi connectivity index (χ1v) is 10.8. The molecule has 2 heterocycles. The molecule has 0 aliphatic carbocycles. The number of piperazine rings is 1. The molecule has 0 bridgehead atoms. The van der Waals surface area contributed by atoms with Crippen molar-refractivity contribution in [3.63, 3.8) is 0 Å². The number of rotatable bonds is 5. The topological polar surface area (TPSA) is 86.1 Å². The van der Waals surface area contributed by atoms with Crippen LogP contribution in [0.1, 0.15) is 32.0 Å². The molecule has 2 N–H and O–H groups in total. The van der Waals surface area contributed by atoms with Gasteiger partial charge in [0, 0.05) is 36.6 Å². The van der Waals surface area contributed by atoms with Crippen molar-refractivity contribution in [3.05, 3.63) is 47.4 Å². The zero-order valence-corrected chi connectivity index (χ0v) is 18.7. The van der Waals surface area contributed by atoms with E-state index in [2.05, 4.69) is 45.6 Å². The number of aromatic nitrogens is 2. The summed E-state index contributed by atoms with van der Waals surface area (Å²) in [6.07, 6.45) is 0. The minimum absolute atomic E-state index is 0.106. The summed E-state index contributed by atoms with van der Waals surface area (Å²) < 4.78 is 20.5. The van der Waals surface area contributed by atoms with Gasteiger partial charge in [0.25, 0.3) is 0 Å². The Kier molecular flexibility index (Phi) is 6.10. The molecule has 32 heavy (non-hydrogen) atoms. The van der Waals surface area contributed by atoms with Gasteiger partial charge in [-0.05, 0) is 51.5 Å². The van der Waals surface area contributed by atoms with Crippen molar-refractivity contribution in [1.82, 2.24) is 15.5 Å². The third kappa shape index (κ3) is 4.30. The Hall–Kier alpha value is -3.44. The molecular weight excluding hydrogens is 407 g/mol. The minimum atomic E-state index is -0.394. The van der Waals surface area contributed by atoms with E-state index in [0.29, 0.717) is 41.0 Å². The number of halogens is 1. The molecule has 4 rings (SSSR count). The third-order valence-corrected chi connectivity index (χ3v) is 5.53. The van der Waals surface area contributed by atoms with Gasteiger partial charge in [0.05, 0.1) is 29.2 Å². The molecule has 1 aromatic heterocycles. The zero-order valence-electron chi connectivity index (χ0n) is 18.7. The van der Waals surface area contributed by atoms with Gasteiger partial charge in [0.15, 0.2) is 5.69 Å². The van der Waals surface area contributed by atoms with Crippen LogP contribution in [0, 0.1) is 24.1 Å². The van der Waals surface area contributed by atoms with E-state index in [-0.39, 0.29) is 11.4 Å². The summed E-state index contributed by atoms with van der Waals surface area (Å²) in [5.41, 5.74) is 3.12. The van der Waals surface area contributed by atoms with Gasteiger partial charge in [-0.1, -0.05) is 6.07 Å². The molecule has 0 radical (unpaired) electrons. The summed E-state index contributed by atoms with van der Waals surface area (Å²) in [5, 5.41) is 25.3. The van der Waals surface area contributed by atoms with E-state index >= 15 is 0 Å². The molecule has 0 spiro atoms. The number of nitrogens with one attached hydrogen (secondary N) is 2. The Bertz CT molecular complexity index is 1180. The van der Waals surface area contributed by atoms with Crippen molar-refractivity contribution >= 4 is 28.0 Å². The maximum atomic E-state index is 14.6. The van der Waals surface area contributed by atoms with Gasteiger partial charge in [-0.25, -0.2) is 4.39 Å². The molecule has 1 aliphatic heterocycles. The lowest BCUT2D eigenvalue weighted by atomic mass is 10.1. The highest BCUT2D eigenvalue weighted by molar-refractivity contribution is 5.98. The molecule has 1 aliphatic rings. The van der Waals surface area contributed by atoms with Crippen LogP contribution >= 0.6 is 0 Å². The van der Waals surface area contributed by atoms with Crippen molar-refractivity contribution in [2.45, 2.75) is 39.8 Å². The highest BCUT2D eigenvalue weighted by Crippen LogP contribution is 2.38. The number of hydrogen-bond acceptors (Lipinski definition) is 7. The van der Waals surface area contributed by atoms with E-state index in [9.17, 15) is 9.65 Å². The van der Waals surface area contributed by atoms with Gasteiger partial charge < -0.3 is 20.3 Å². The summed E-state index contributed by atoms with van der Waals surface area (Å²) in [6, 6.07) is 11.4. The SMILES string of the molecule is CCOc1cc2nnc(C#N)c(Nc3ccc(C)cc3F)c2cc1N1C[C@@H](C)N[C@@H](C)C1. The Morgan fingerprint density at radius 1 is 1.22 bits per heavy atom. The third-order valence-electron chi connectivity index (χ3n) is 5.53. The number of nitrogens with zero attached hydrogens (tertiary/aromatic N) is 4. The van der Waals surface area contributed by atoms with E-state index in [1.807, 2.05) is 32.0 Å². The predicted octanol–water partition coefficient (Wildman–Crippen LogP) is 4.28. The second-order valence-corrected chi connectivity index (χ2v) is 8.29. The van der Waals surface area contributed by atoms with Gasteiger partial charge in [0.2, 0.25) is 0 Å². The average Bonchev–Trinajstić information content (AvgIpc) is 2.75. The van der Waals surface area contributed by atoms with E-state index < -0.39 is 5.82 Å². The molecule has 7 nitrogen and oxygen atoms in total. The fraction of sp³-hybridized carbons (Fsp3) is 0.375. The lowest BCUT2D eigenvalue weighted by molar-refractivity contribution is 0.337. The zero-order chi connectivity index (χ0) is 22.8. The summed E-state index contributed by atoms with van der Waals surface area (Å²) in [4.78, 5) is 2.28. The second-order valence-electron chi connectivity index (χ2n) is 8.29. The smallest absolute Gasteiger partial charge is 0.187 e. The molecule has 2 atom stereocenters. The van der Waals surface area contributed by atoms with E-state index in [0.717, 1.165) is 24.3 Å². The number of benzene rings is 2. The molecule has 0 saturated carbocycles. The van der Waals surface area contributed by atoms with Crippen molar-refractivity contribution in [3.8, 4) is 11.8 Å². The molecule has 0 unspecified atom stereocenters. The van der Waals surface area contributed by atoms with Gasteiger partial charge in [0.1, 0.15) is 17.6 Å². The Labute approximate surface area is 187 Å². The van der Waals surface area contributed by atoms with Crippen LogP contribution in [0.15, 0.2) is 30.3 Å². The summed E-state index contributed by atoms with van der Waals surface area (Å²) >= 11 is 0. The molecule has 3 aromatic rings. The summed E-state index contributed by atoms with van der Waals surface area (Å²) in [6.45, 7) is 10.2. The first-order chi connectivity index (χ1) is 15.4. The lowest BCUT2D eigenvalue weighted by Crippen LogP contribution is -2.54. The molecule has 1 fully saturated rings. The van der Waals surface area contributed by atoms with Gasteiger partial charge in [-0.2, -0.15) is 5.26 Å². The van der Waals surface area contributed by atoms with Crippen LogP contribution in [0.4, 0.5) is 21.5 Å². The normalized spacial score (nSPS) is 18.4. The fourth-order valence-corrected chi connectivity index (χ4v) is 4.22. The Morgan fingerprint density at radius 3 is 2.62 bits per heavy atom. The van der Waals surface area contributed by atoms with Crippen LogP contribution < -0.4 is 20.3 Å². The Morgan fingerprint density at radius 2 is 1.97 bits per heavy atom. The van der Waals surface area contributed by atoms with Crippen LogP contribution in [0.3, 0.4) is 0 Å². The summed E-state index contributed by atoms with van der Waals surface area (Å²) in [7, 11) is 0. The molecule has 166 valence electrons. The number of hydrogen-bond donors (Lipinski definition) is 2. The number of nitriles is 1. The van der Waals surface area contributed by atoms with Gasteiger partial charge >= 0.3 is 0 Å².